The summed E-state index contributed by atoms with van der Waals surface area (Å²) in [4.78, 5) is 0. The van der Waals surface area contributed by atoms with Crippen molar-refractivity contribution < 1.29 is 13.9 Å². The van der Waals surface area contributed by atoms with Gasteiger partial charge in [-0.25, -0.2) is 8.78 Å². The molecular weight excluding hydrogens is 150 g/mol. The van der Waals surface area contributed by atoms with Crippen molar-refractivity contribution in [3.05, 3.63) is 11.6 Å². The lowest BCUT2D eigenvalue weighted by molar-refractivity contribution is 0.146. The molecule has 0 heterocycles. The fraction of sp³-hybridized carbons (Fsp3) is 0.750. The zero-order chi connectivity index (χ0) is 8.43. The van der Waals surface area contributed by atoms with E-state index in [0.29, 0.717) is 5.57 Å². The second-order valence-electron chi connectivity index (χ2n) is 3.01. The first-order valence-corrected chi connectivity index (χ1v) is 3.73. The van der Waals surface area contributed by atoms with Crippen molar-refractivity contribution in [3.63, 3.8) is 0 Å². The zero-order valence-electron chi connectivity index (χ0n) is 6.43. The molecule has 11 heavy (non-hydrogen) atoms. The molecule has 0 radical (unpaired) electrons. The minimum atomic E-state index is -1.24. The van der Waals surface area contributed by atoms with Gasteiger partial charge in [-0.1, -0.05) is 6.92 Å². The lowest BCUT2D eigenvalue weighted by Gasteiger charge is -2.24. The lowest BCUT2D eigenvalue weighted by Crippen LogP contribution is -2.27. The van der Waals surface area contributed by atoms with Gasteiger partial charge in [0.2, 0.25) is 0 Å². The van der Waals surface area contributed by atoms with Crippen molar-refractivity contribution in [1.82, 2.24) is 0 Å². The van der Waals surface area contributed by atoms with Crippen molar-refractivity contribution >= 4 is 0 Å². The molecule has 0 amide bonds. The number of alkyl halides is 2. The van der Waals surface area contributed by atoms with Crippen LogP contribution in [-0.2, 0) is 0 Å². The Morgan fingerprint density at radius 1 is 1.64 bits per heavy atom. The highest BCUT2D eigenvalue weighted by Crippen LogP contribution is 2.28. The van der Waals surface area contributed by atoms with Gasteiger partial charge in [-0.3, -0.25) is 0 Å². The normalized spacial score (nSPS) is 38.5. The summed E-state index contributed by atoms with van der Waals surface area (Å²) in [5, 5.41) is 8.61. The maximum atomic E-state index is 12.9. The van der Waals surface area contributed by atoms with Gasteiger partial charge >= 0.3 is 0 Å². The van der Waals surface area contributed by atoms with Gasteiger partial charge < -0.3 is 5.11 Å². The van der Waals surface area contributed by atoms with Gasteiger partial charge in [-0.05, 0) is 11.6 Å². The number of hydrogen-bond acceptors (Lipinski definition) is 1. The SMILES string of the molecule is CC1C(F)C=C(CO)C[C@H]1F. The predicted octanol–water partition coefficient (Wildman–Crippen LogP) is 1.62. The Bertz CT molecular complexity index is 167. The summed E-state index contributed by atoms with van der Waals surface area (Å²) in [6, 6.07) is 0. The van der Waals surface area contributed by atoms with Crippen LogP contribution in [0.4, 0.5) is 8.78 Å². The number of halogens is 2. The minimum absolute atomic E-state index is 0.179. The summed E-state index contributed by atoms with van der Waals surface area (Å²) in [6.45, 7) is 1.31. The van der Waals surface area contributed by atoms with E-state index in [9.17, 15) is 8.78 Å². The van der Waals surface area contributed by atoms with E-state index in [2.05, 4.69) is 0 Å². The Kier molecular flexibility index (Phi) is 2.60. The molecule has 0 aromatic rings. The molecule has 1 rings (SSSR count). The van der Waals surface area contributed by atoms with Crippen molar-refractivity contribution in [1.29, 1.82) is 0 Å². The third-order valence-electron chi connectivity index (χ3n) is 2.13. The summed E-state index contributed by atoms with van der Waals surface area (Å²) in [5.41, 5.74) is 0.475. The van der Waals surface area contributed by atoms with E-state index in [1.807, 2.05) is 0 Å². The molecule has 3 atom stereocenters. The Labute approximate surface area is 64.7 Å². The molecule has 0 fully saturated rings. The third kappa shape index (κ3) is 1.77. The molecule has 1 aliphatic carbocycles. The molecule has 64 valence electrons. The molecule has 0 aromatic carbocycles. The van der Waals surface area contributed by atoms with Crippen LogP contribution in [0.15, 0.2) is 11.6 Å². The lowest BCUT2D eigenvalue weighted by atomic mass is 9.88. The van der Waals surface area contributed by atoms with Gasteiger partial charge in [0.15, 0.2) is 0 Å². The van der Waals surface area contributed by atoms with Crippen LogP contribution < -0.4 is 0 Å². The van der Waals surface area contributed by atoms with Gasteiger partial charge in [-0.2, -0.15) is 0 Å². The van der Waals surface area contributed by atoms with E-state index in [1.165, 1.54) is 6.08 Å². The second kappa shape index (κ2) is 3.30. The number of allylic oxidation sites excluding steroid dienone is 1. The van der Waals surface area contributed by atoms with Crippen molar-refractivity contribution in [3.8, 4) is 0 Å². The largest absolute Gasteiger partial charge is 0.392 e. The monoisotopic (exact) mass is 162 g/mol. The van der Waals surface area contributed by atoms with Crippen LogP contribution in [-0.4, -0.2) is 24.1 Å². The van der Waals surface area contributed by atoms with Crippen molar-refractivity contribution in [2.75, 3.05) is 6.61 Å². The minimum Gasteiger partial charge on any atom is -0.392 e. The molecule has 1 nitrogen and oxygen atoms in total. The number of aliphatic hydroxyl groups is 1. The fourth-order valence-corrected chi connectivity index (χ4v) is 1.20. The van der Waals surface area contributed by atoms with E-state index in [0.717, 1.165) is 0 Å². The van der Waals surface area contributed by atoms with Gasteiger partial charge in [0.05, 0.1) is 6.61 Å². The maximum absolute atomic E-state index is 12.9. The topological polar surface area (TPSA) is 20.2 Å². The molecule has 1 aliphatic rings. The van der Waals surface area contributed by atoms with Gasteiger partial charge in [0.1, 0.15) is 12.3 Å². The molecule has 0 saturated carbocycles. The first-order chi connectivity index (χ1) is 5.15. The van der Waals surface area contributed by atoms with E-state index >= 15 is 0 Å². The molecule has 0 spiro atoms. The Morgan fingerprint density at radius 3 is 2.73 bits per heavy atom. The van der Waals surface area contributed by atoms with Crippen LogP contribution in [0, 0.1) is 5.92 Å². The maximum Gasteiger partial charge on any atom is 0.124 e. The molecule has 1 N–H and O–H groups in total. The summed E-state index contributed by atoms with van der Waals surface area (Å²) in [6.07, 6.45) is -0.878. The molecule has 2 unspecified atom stereocenters. The van der Waals surface area contributed by atoms with Crippen molar-refractivity contribution in [2.45, 2.75) is 25.7 Å². The molecular formula is C8H12F2O. The highest BCUT2D eigenvalue weighted by atomic mass is 19.1. The van der Waals surface area contributed by atoms with E-state index in [-0.39, 0.29) is 13.0 Å². The van der Waals surface area contributed by atoms with Crippen LogP contribution in [0.25, 0.3) is 0 Å². The average molecular weight is 162 g/mol. The highest BCUT2D eigenvalue weighted by molar-refractivity contribution is 5.13. The van der Waals surface area contributed by atoms with E-state index < -0.39 is 18.3 Å². The quantitative estimate of drug-likeness (QED) is 0.581. The molecule has 3 heteroatoms. The number of hydrogen-bond donors (Lipinski definition) is 1. The van der Waals surface area contributed by atoms with Gasteiger partial charge in [0, 0.05) is 12.3 Å². The van der Waals surface area contributed by atoms with Gasteiger partial charge in [-0.15, -0.1) is 0 Å². The Hall–Kier alpha value is -0.440. The standard InChI is InChI=1S/C8H12F2O/c1-5-7(9)2-6(4-11)3-8(5)10/h2,5,7-8,11H,3-4H2,1H3/t5?,7?,8-/m1/s1. The number of rotatable bonds is 1. The smallest absolute Gasteiger partial charge is 0.124 e. The Balaban J connectivity index is 2.68. The van der Waals surface area contributed by atoms with Gasteiger partial charge in [0.25, 0.3) is 0 Å². The van der Waals surface area contributed by atoms with Crippen molar-refractivity contribution in [2.24, 2.45) is 5.92 Å². The summed E-state index contributed by atoms with van der Waals surface area (Å²) >= 11 is 0. The first-order valence-electron chi connectivity index (χ1n) is 3.73. The van der Waals surface area contributed by atoms with Crippen LogP contribution >= 0.6 is 0 Å². The summed E-state index contributed by atoms with van der Waals surface area (Å²) < 4.78 is 25.7. The molecule has 0 aliphatic heterocycles. The molecule has 0 aromatic heterocycles. The zero-order valence-corrected chi connectivity index (χ0v) is 6.43. The van der Waals surface area contributed by atoms with Crippen LogP contribution in [0.5, 0.6) is 0 Å². The fourth-order valence-electron chi connectivity index (χ4n) is 1.20. The van der Waals surface area contributed by atoms with E-state index in [4.69, 9.17) is 5.11 Å². The third-order valence-corrected chi connectivity index (χ3v) is 2.13. The van der Waals surface area contributed by atoms with Crippen LogP contribution in [0.3, 0.4) is 0 Å². The number of aliphatic hydroxyl groups excluding tert-OH is 1. The van der Waals surface area contributed by atoms with Crippen LogP contribution in [0.1, 0.15) is 13.3 Å². The first kappa shape index (κ1) is 8.65. The highest BCUT2D eigenvalue weighted by Gasteiger charge is 2.29. The van der Waals surface area contributed by atoms with E-state index in [1.54, 1.807) is 6.92 Å². The second-order valence-corrected chi connectivity index (χ2v) is 3.01. The molecule has 0 bridgehead atoms. The Morgan fingerprint density at radius 2 is 2.27 bits per heavy atom. The average Bonchev–Trinajstić information content (AvgIpc) is 1.99. The summed E-state index contributed by atoms with van der Waals surface area (Å²) in [5.74, 6) is -0.565. The molecule has 0 saturated heterocycles. The summed E-state index contributed by atoms with van der Waals surface area (Å²) in [7, 11) is 0. The van der Waals surface area contributed by atoms with Crippen LogP contribution in [0.2, 0.25) is 0 Å². The predicted molar refractivity (Wildman–Crippen MR) is 38.7 cm³/mol.